The van der Waals surface area contributed by atoms with Crippen LogP contribution in [0.15, 0.2) is 42.5 Å². The van der Waals surface area contributed by atoms with Crippen LogP contribution in [-0.2, 0) is 9.59 Å². The van der Waals surface area contributed by atoms with Crippen LogP contribution in [0.4, 0.5) is 11.4 Å². The lowest BCUT2D eigenvalue weighted by Gasteiger charge is -2.50. The first-order chi connectivity index (χ1) is 14.3. The Hall–Kier alpha value is -3.06. The molecular formula is C22H22ClN3O4. The van der Waals surface area contributed by atoms with E-state index in [1.54, 1.807) is 42.5 Å². The highest BCUT2D eigenvalue weighted by Gasteiger charge is 2.61. The summed E-state index contributed by atoms with van der Waals surface area (Å²) in [6.45, 7) is 3.68. The summed E-state index contributed by atoms with van der Waals surface area (Å²) in [6.07, 6.45) is 0.376. The first-order valence-corrected chi connectivity index (χ1v) is 10.1. The Morgan fingerprint density at radius 1 is 1.20 bits per heavy atom. The molecule has 0 bridgehead atoms. The highest BCUT2D eigenvalue weighted by Crippen LogP contribution is 2.46. The number of anilines is 2. The van der Waals surface area contributed by atoms with E-state index in [9.17, 15) is 14.4 Å². The van der Waals surface area contributed by atoms with Gasteiger partial charge in [0.25, 0.3) is 11.8 Å². The van der Waals surface area contributed by atoms with Gasteiger partial charge < -0.3 is 15.0 Å². The fraction of sp³-hybridized carbons (Fsp3) is 0.318. The molecule has 1 atom stereocenters. The molecule has 2 aromatic rings. The molecule has 0 saturated carbocycles. The second-order valence-corrected chi connectivity index (χ2v) is 8.04. The molecule has 0 aliphatic carbocycles. The third kappa shape index (κ3) is 2.84. The highest BCUT2D eigenvalue weighted by atomic mass is 35.5. The Balaban J connectivity index is 1.82. The number of hydrogen-bond donors (Lipinski definition) is 1. The number of rotatable bonds is 4. The minimum Gasteiger partial charge on any atom is -0.495 e. The number of benzene rings is 2. The Kier molecular flexibility index (Phi) is 4.94. The van der Waals surface area contributed by atoms with Gasteiger partial charge in [-0.1, -0.05) is 23.7 Å². The molecule has 0 radical (unpaired) electrons. The number of methoxy groups -OCH3 is 1. The van der Waals surface area contributed by atoms with Gasteiger partial charge in [0.1, 0.15) is 5.75 Å². The van der Waals surface area contributed by atoms with Crippen molar-refractivity contribution in [2.45, 2.75) is 38.4 Å². The summed E-state index contributed by atoms with van der Waals surface area (Å²) in [7, 11) is 1.51. The summed E-state index contributed by atoms with van der Waals surface area (Å²) < 4.78 is 5.15. The average Bonchev–Trinajstić information content (AvgIpc) is 3.06. The molecule has 4 rings (SSSR count). The maximum atomic E-state index is 13.7. The van der Waals surface area contributed by atoms with Crippen LogP contribution in [0.1, 0.15) is 37.0 Å². The lowest BCUT2D eigenvalue weighted by atomic mass is 9.94. The maximum Gasteiger partial charge on any atom is 0.271 e. The molecule has 7 nitrogen and oxygen atoms in total. The van der Waals surface area contributed by atoms with Crippen molar-refractivity contribution in [2.75, 3.05) is 17.3 Å². The maximum absolute atomic E-state index is 13.7. The molecule has 156 valence electrons. The van der Waals surface area contributed by atoms with Gasteiger partial charge in [-0.2, -0.15) is 0 Å². The van der Waals surface area contributed by atoms with Gasteiger partial charge in [0, 0.05) is 24.6 Å². The van der Waals surface area contributed by atoms with E-state index >= 15 is 0 Å². The molecule has 2 aliphatic heterocycles. The summed E-state index contributed by atoms with van der Waals surface area (Å²) in [5.74, 6) is -0.430. The topological polar surface area (TPSA) is 79.0 Å². The van der Waals surface area contributed by atoms with Crippen molar-refractivity contribution >= 4 is 40.7 Å². The number of para-hydroxylation sites is 1. The van der Waals surface area contributed by atoms with Gasteiger partial charge in [-0.25, -0.2) is 0 Å². The quantitative estimate of drug-likeness (QED) is 0.807. The van der Waals surface area contributed by atoms with Gasteiger partial charge >= 0.3 is 0 Å². The fourth-order valence-corrected chi connectivity index (χ4v) is 4.64. The Bertz CT molecular complexity index is 1050. The third-order valence-corrected chi connectivity index (χ3v) is 5.88. The summed E-state index contributed by atoms with van der Waals surface area (Å²) in [5.41, 5.74) is -0.111. The molecule has 2 heterocycles. The second kappa shape index (κ2) is 7.32. The number of ether oxygens (including phenoxy) is 1. The zero-order chi connectivity index (χ0) is 21.6. The van der Waals surface area contributed by atoms with Crippen LogP contribution >= 0.6 is 11.6 Å². The number of carbonyl (C=O) groups is 3. The van der Waals surface area contributed by atoms with E-state index in [1.165, 1.54) is 16.9 Å². The number of hydrogen-bond acceptors (Lipinski definition) is 4. The van der Waals surface area contributed by atoms with E-state index < -0.39 is 11.6 Å². The molecule has 3 amide bonds. The Morgan fingerprint density at radius 3 is 2.60 bits per heavy atom. The largest absolute Gasteiger partial charge is 0.495 e. The minimum atomic E-state index is -1.44. The van der Waals surface area contributed by atoms with Crippen molar-refractivity contribution in [1.29, 1.82) is 0 Å². The molecule has 2 aliphatic rings. The van der Waals surface area contributed by atoms with Crippen LogP contribution in [0.25, 0.3) is 0 Å². The van der Waals surface area contributed by atoms with Crippen LogP contribution in [-0.4, -0.2) is 41.4 Å². The van der Waals surface area contributed by atoms with Crippen molar-refractivity contribution in [3.63, 3.8) is 0 Å². The van der Waals surface area contributed by atoms with Gasteiger partial charge in [0.2, 0.25) is 11.6 Å². The standard InChI is InChI=1S/C22H22ClN3O4/c1-13(2)25-20(28)15-6-4-5-7-17(15)26-19(27)10-11-22(25,26)21(29)24-14-8-9-18(30-3)16(23)12-14/h4-9,12-13H,10-11H2,1-3H3,(H,24,29)/t22-/m0/s1. The summed E-state index contributed by atoms with van der Waals surface area (Å²) in [5, 5.41) is 3.20. The molecule has 0 aromatic heterocycles. The van der Waals surface area contributed by atoms with Crippen molar-refractivity contribution in [3.05, 3.63) is 53.1 Å². The first-order valence-electron chi connectivity index (χ1n) is 9.72. The van der Waals surface area contributed by atoms with Crippen LogP contribution in [0.2, 0.25) is 5.02 Å². The summed E-state index contributed by atoms with van der Waals surface area (Å²) >= 11 is 6.20. The Morgan fingerprint density at radius 2 is 1.93 bits per heavy atom. The van der Waals surface area contributed by atoms with Crippen molar-refractivity contribution in [2.24, 2.45) is 0 Å². The zero-order valence-corrected chi connectivity index (χ0v) is 17.7. The smallest absolute Gasteiger partial charge is 0.271 e. The molecule has 8 heteroatoms. The predicted molar refractivity (Wildman–Crippen MR) is 114 cm³/mol. The average molecular weight is 428 g/mol. The Labute approximate surface area is 179 Å². The number of fused-ring (bicyclic) bond motifs is 3. The van der Waals surface area contributed by atoms with Crippen molar-refractivity contribution in [3.8, 4) is 5.75 Å². The molecule has 1 N–H and O–H groups in total. The van der Waals surface area contributed by atoms with Gasteiger partial charge in [-0.15, -0.1) is 0 Å². The second-order valence-electron chi connectivity index (χ2n) is 7.64. The van der Waals surface area contributed by atoms with Gasteiger partial charge in [0.15, 0.2) is 0 Å². The van der Waals surface area contributed by atoms with E-state index in [2.05, 4.69) is 5.32 Å². The fourth-order valence-electron chi connectivity index (χ4n) is 4.38. The number of halogens is 1. The molecule has 2 aromatic carbocycles. The molecule has 1 saturated heterocycles. The monoisotopic (exact) mass is 427 g/mol. The lowest BCUT2D eigenvalue weighted by Crippen LogP contribution is -2.70. The van der Waals surface area contributed by atoms with E-state index in [0.29, 0.717) is 27.7 Å². The van der Waals surface area contributed by atoms with E-state index in [-0.39, 0.29) is 30.7 Å². The van der Waals surface area contributed by atoms with Crippen molar-refractivity contribution < 1.29 is 19.1 Å². The molecule has 0 unspecified atom stereocenters. The van der Waals surface area contributed by atoms with Crippen molar-refractivity contribution in [1.82, 2.24) is 4.90 Å². The lowest BCUT2D eigenvalue weighted by molar-refractivity contribution is -0.129. The van der Waals surface area contributed by atoms with E-state index in [1.807, 2.05) is 13.8 Å². The number of nitrogens with one attached hydrogen (secondary N) is 1. The van der Waals surface area contributed by atoms with Gasteiger partial charge in [-0.3, -0.25) is 19.3 Å². The van der Waals surface area contributed by atoms with Crippen LogP contribution < -0.4 is 15.0 Å². The van der Waals surface area contributed by atoms with Gasteiger partial charge in [-0.05, 0) is 44.2 Å². The van der Waals surface area contributed by atoms with Gasteiger partial charge in [0.05, 0.1) is 23.4 Å². The number of amides is 3. The third-order valence-electron chi connectivity index (χ3n) is 5.59. The zero-order valence-electron chi connectivity index (χ0n) is 16.9. The normalized spacial score (nSPS) is 20.3. The molecule has 30 heavy (non-hydrogen) atoms. The van der Waals surface area contributed by atoms with E-state index in [4.69, 9.17) is 16.3 Å². The summed E-state index contributed by atoms with van der Waals surface area (Å²) in [4.78, 5) is 43.0. The summed E-state index contributed by atoms with van der Waals surface area (Å²) in [6, 6.07) is 11.5. The van der Waals surface area contributed by atoms with Crippen LogP contribution in [0.5, 0.6) is 5.75 Å². The molecule has 0 spiro atoms. The first kappa shape index (κ1) is 20.2. The van der Waals surface area contributed by atoms with Crippen LogP contribution in [0, 0.1) is 0 Å². The number of nitrogens with zero attached hydrogens (tertiary/aromatic N) is 2. The number of carbonyl (C=O) groups excluding carboxylic acids is 3. The predicted octanol–water partition coefficient (Wildman–Crippen LogP) is 3.67. The van der Waals surface area contributed by atoms with Crippen LogP contribution in [0.3, 0.4) is 0 Å². The SMILES string of the molecule is COc1ccc(NC(=O)[C@]23CCC(=O)N2c2ccccc2C(=O)N3C(C)C)cc1Cl. The minimum absolute atomic E-state index is 0.168. The molecular weight excluding hydrogens is 406 g/mol. The molecule has 1 fully saturated rings. The highest BCUT2D eigenvalue weighted by molar-refractivity contribution is 6.32. The van der Waals surface area contributed by atoms with E-state index in [0.717, 1.165) is 0 Å².